The van der Waals surface area contributed by atoms with Crippen molar-refractivity contribution in [3.63, 3.8) is 0 Å². The normalized spacial score (nSPS) is 10.3. The number of hydrazine groups is 1. The zero-order chi connectivity index (χ0) is 14.7. The van der Waals surface area contributed by atoms with Gasteiger partial charge in [-0.25, -0.2) is 10.8 Å². The number of anilines is 1. The van der Waals surface area contributed by atoms with E-state index in [1.165, 1.54) is 23.2 Å². The van der Waals surface area contributed by atoms with E-state index in [0.29, 0.717) is 11.5 Å². The quantitative estimate of drug-likeness (QED) is 0.474. The maximum atomic E-state index is 11.5. The Morgan fingerprint density at radius 2 is 2.15 bits per heavy atom. The molecule has 20 heavy (non-hydrogen) atoms. The van der Waals surface area contributed by atoms with E-state index in [9.17, 15) is 14.9 Å². The molecule has 2 heterocycles. The highest BCUT2D eigenvalue weighted by Gasteiger charge is 2.16. The Morgan fingerprint density at radius 1 is 1.40 bits per heavy atom. The molecule has 0 atom stereocenters. The van der Waals surface area contributed by atoms with Crippen molar-refractivity contribution in [2.24, 2.45) is 5.84 Å². The van der Waals surface area contributed by atoms with Crippen LogP contribution in [-0.2, 0) is 6.54 Å². The number of nitrogens with two attached hydrogens (primary N) is 1. The number of nitrogen functional groups attached to an aromatic ring is 1. The molecule has 2 aromatic rings. The van der Waals surface area contributed by atoms with E-state index in [-0.39, 0.29) is 11.0 Å². The topological polar surface area (TPSA) is 129 Å². The molecule has 0 spiro atoms. The summed E-state index contributed by atoms with van der Waals surface area (Å²) in [5.74, 6) is 5.57. The molecule has 104 valence electrons. The molecule has 2 rings (SSSR count). The van der Waals surface area contributed by atoms with Gasteiger partial charge in [-0.3, -0.25) is 19.9 Å². The minimum Gasteiger partial charge on any atom is -0.341 e. The molecule has 0 aliphatic heterocycles. The molecule has 9 nitrogen and oxygen atoms in total. The summed E-state index contributed by atoms with van der Waals surface area (Å²) >= 11 is 3.00. The molecule has 0 radical (unpaired) electrons. The van der Waals surface area contributed by atoms with Gasteiger partial charge in [0.25, 0.3) is 5.43 Å². The SMILES string of the molecule is NNc1cnc(Cn2cc(Br)c(=O)c([N+](=O)[O-])c2)cn1. The van der Waals surface area contributed by atoms with Crippen LogP contribution in [0.25, 0.3) is 0 Å². The minimum atomic E-state index is -0.725. The van der Waals surface area contributed by atoms with Crippen LogP contribution >= 0.6 is 15.9 Å². The Morgan fingerprint density at radius 3 is 2.70 bits per heavy atom. The van der Waals surface area contributed by atoms with E-state index in [1.807, 2.05) is 0 Å². The molecule has 0 saturated carbocycles. The predicted octanol–water partition coefficient (Wildman–Crippen LogP) is 0.643. The molecule has 10 heteroatoms. The maximum absolute atomic E-state index is 11.5. The van der Waals surface area contributed by atoms with Gasteiger partial charge in [0, 0.05) is 6.20 Å². The lowest BCUT2D eigenvalue weighted by Gasteiger charge is -2.06. The largest absolute Gasteiger partial charge is 0.341 e. The lowest BCUT2D eigenvalue weighted by atomic mass is 10.3. The fourth-order valence-corrected chi connectivity index (χ4v) is 1.96. The fourth-order valence-electron chi connectivity index (χ4n) is 1.50. The summed E-state index contributed by atoms with van der Waals surface area (Å²) in [4.78, 5) is 29.7. The summed E-state index contributed by atoms with van der Waals surface area (Å²) in [6.45, 7) is 0.234. The summed E-state index contributed by atoms with van der Waals surface area (Å²) in [5.41, 5.74) is 1.73. The van der Waals surface area contributed by atoms with Crippen LogP contribution in [0.5, 0.6) is 0 Å². The van der Waals surface area contributed by atoms with Gasteiger partial charge < -0.3 is 9.99 Å². The highest BCUT2D eigenvalue weighted by atomic mass is 79.9. The smallest absolute Gasteiger partial charge is 0.333 e. The van der Waals surface area contributed by atoms with E-state index in [1.54, 1.807) is 0 Å². The number of rotatable bonds is 4. The van der Waals surface area contributed by atoms with Gasteiger partial charge in [0.05, 0.1) is 40.2 Å². The monoisotopic (exact) mass is 340 g/mol. The molecule has 0 saturated heterocycles. The van der Waals surface area contributed by atoms with Gasteiger partial charge in [0.2, 0.25) is 0 Å². The van der Waals surface area contributed by atoms with Crippen LogP contribution in [-0.4, -0.2) is 19.5 Å². The van der Waals surface area contributed by atoms with Crippen LogP contribution in [0.4, 0.5) is 11.5 Å². The predicted molar refractivity (Wildman–Crippen MR) is 74.0 cm³/mol. The number of nitrogens with zero attached hydrogens (tertiary/aromatic N) is 4. The van der Waals surface area contributed by atoms with Crippen molar-refractivity contribution in [3.05, 3.63) is 55.3 Å². The molecule has 0 aromatic carbocycles. The summed E-state index contributed by atoms with van der Waals surface area (Å²) < 4.78 is 1.59. The highest BCUT2D eigenvalue weighted by molar-refractivity contribution is 9.10. The van der Waals surface area contributed by atoms with Crippen LogP contribution in [0.1, 0.15) is 5.69 Å². The summed E-state index contributed by atoms with van der Waals surface area (Å²) in [6, 6.07) is 0. The first-order valence-electron chi connectivity index (χ1n) is 5.33. The van der Waals surface area contributed by atoms with E-state index in [0.717, 1.165) is 6.20 Å². The first-order valence-corrected chi connectivity index (χ1v) is 6.12. The van der Waals surface area contributed by atoms with E-state index in [2.05, 4.69) is 31.3 Å². The first-order chi connectivity index (χ1) is 9.51. The second-order valence-electron chi connectivity index (χ2n) is 3.79. The molecule has 0 aliphatic rings. The van der Waals surface area contributed by atoms with E-state index < -0.39 is 16.0 Å². The Kier molecular flexibility index (Phi) is 4.05. The molecule has 0 unspecified atom stereocenters. The Balaban J connectivity index is 2.33. The molecule has 0 fully saturated rings. The number of halogens is 1. The fraction of sp³-hybridized carbons (Fsp3) is 0.100. The van der Waals surface area contributed by atoms with Gasteiger partial charge in [-0.15, -0.1) is 0 Å². The molecule has 2 aromatic heterocycles. The third-order valence-corrected chi connectivity index (χ3v) is 2.98. The third kappa shape index (κ3) is 2.97. The zero-order valence-corrected chi connectivity index (χ0v) is 11.6. The first kappa shape index (κ1) is 14.1. The van der Waals surface area contributed by atoms with Crippen molar-refractivity contribution in [1.29, 1.82) is 0 Å². The Labute approximate surface area is 120 Å². The number of aromatic nitrogens is 3. The number of pyridine rings is 1. The van der Waals surface area contributed by atoms with Gasteiger partial charge in [-0.2, -0.15) is 0 Å². The van der Waals surface area contributed by atoms with Crippen molar-refractivity contribution < 1.29 is 4.92 Å². The average molecular weight is 341 g/mol. The van der Waals surface area contributed by atoms with Gasteiger partial charge in [-0.1, -0.05) is 0 Å². The summed E-state index contributed by atoms with van der Waals surface area (Å²) in [5, 5.41) is 10.8. The molecule has 0 bridgehead atoms. The molecular weight excluding hydrogens is 332 g/mol. The maximum Gasteiger partial charge on any atom is 0.333 e. The second-order valence-corrected chi connectivity index (χ2v) is 4.64. The lowest BCUT2D eigenvalue weighted by Crippen LogP contribution is -2.14. The number of hydrogen-bond acceptors (Lipinski definition) is 7. The molecular formula is C10H9BrN6O3. The van der Waals surface area contributed by atoms with Crippen molar-refractivity contribution in [3.8, 4) is 0 Å². The molecule has 0 amide bonds. The van der Waals surface area contributed by atoms with Gasteiger partial charge in [0.15, 0.2) is 5.82 Å². The third-order valence-electron chi connectivity index (χ3n) is 2.41. The average Bonchev–Trinajstić information content (AvgIpc) is 2.43. The summed E-state index contributed by atoms with van der Waals surface area (Å²) in [6.07, 6.45) is 5.52. The van der Waals surface area contributed by atoms with Crippen LogP contribution < -0.4 is 16.7 Å². The van der Waals surface area contributed by atoms with Gasteiger partial charge in [0.1, 0.15) is 0 Å². The molecule has 3 N–H and O–H groups in total. The standard InChI is InChI=1S/C10H9BrN6O3/c11-7-4-16(5-8(10(7)18)17(19)20)3-6-1-14-9(15-12)2-13-6/h1-2,4-5H,3,12H2,(H,14,15). The van der Waals surface area contributed by atoms with Gasteiger partial charge in [-0.05, 0) is 15.9 Å². The lowest BCUT2D eigenvalue weighted by molar-refractivity contribution is -0.386. The van der Waals surface area contributed by atoms with Crippen molar-refractivity contribution in [1.82, 2.24) is 14.5 Å². The number of nitro groups is 1. The van der Waals surface area contributed by atoms with Crippen molar-refractivity contribution in [2.75, 3.05) is 5.43 Å². The van der Waals surface area contributed by atoms with E-state index >= 15 is 0 Å². The molecule has 0 aliphatic carbocycles. The van der Waals surface area contributed by atoms with Crippen LogP contribution in [0.3, 0.4) is 0 Å². The van der Waals surface area contributed by atoms with E-state index in [4.69, 9.17) is 5.84 Å². The Hall–Kier alpha value is -2.33. The highest BCUT2D eigenvalue weighted by Crippen LogP contribution is 2.12. The zero-order valence-electron chi connectivity index (χ0n) is 9.99. The van der Waals surface area contributed by atoms with Crippen molar-refractivity contribution >= 4 is 27.4 Å². The van der Waals surface area contributed by atoms with Crippen molar-refractivity contribution in [2.45, 2.75) is 6.54 Å². The van der Waals surface area contributed by atoms with Crippen LogP contribution in [0.2, 0.25) is 0 Å². The minimum absolute atomic E-state index is 0.111. The van der Waals surface area contributed by atoms with Gasteiger partial charge >= 0.3 is 5.69 Å². The second kappa shape index (κ2) is 5.75. The number of hydrogen-bond donors (Lipinski definition) is 2. The summed E-state index contributed by atoms with van der Waals surface area (Å²) in [7, 11) is 0. The van der Waals surface area contributed by atoms with Crippen LogP contribution in [0, 0.1) is 10.1 Å². The van der Waals surface area contributed by atoms with Crippen LogP contribution in [0.15, 0.2) is 34.1 Å². The number of nitrogens with one attached hydrogen (secondary N) is 1. The Bertz CT molecular complexity index is 699.